The molecule has 0 saturated heterocycles. The molecule has 0 fully saturated rings. The summed E-state index contributed by atoms with van der Waals surface area (Å²) in [6.45, 7) is 0.622. The summed E-state index contributed by atoms with van der Waals surface area (Å²) in [5.41, 5.74) is 9.02. The van der Waals surface area contributed by atoms with Gasteiger partial charge in [0.2, 0.25) is 0 Å². The summed E-state index contributed by atoms with van der Waals surface area (Å²) in [5.74, 6) is 0.745. The summed E-state index contributed by atoms with van der Waals surface area (Å²) in [7, 11) is 0. The molecule has 1 aromatic heterocycles. The van der Waals surface area contributed by atoms with Crippen molar-refractivity contribution in [3.8, 4) is 0 Å². The van der Waals surface area contributed by atoms with Crippen LogP contribution in [-0.2, 0) is 0 Å². The molecule has 0 saturated carbocycles. The van der Waals surface area contributed by atoms with Gasteiger partial charge in [-0.2, -0.15) is 0 Å². The molecule has 4 heteroatoms. The molecule has 0 bridgehead atoms. The van der Waals surface area contributed by atoms with Crippen molar-refractivity contribution in [1.29, 1.82) is 0 Å². The van der Waals surface area contributed by atoms with Gasteiger partial charge < -0.3 is 11.1 Å². The lowest BCUT2D eigenvalue weighted by Gasteiger charge is -2.13. The zero-order valence-electron chi connectivity index (χ0n) is 11.0. The van der Waals surface area contributed by atoms with Crippen molar-refractivity contribution in [3.63, 3.8) is 0 Å². The Morgan fingerprint density at radius 3 is 2.45 bits per heavy atom. The van der Waals surface area contributed by atoms with Gasteiger partial charge in [-0.1, -0.05) is 42.5 Å². The predicted octanol–water partition coefficient (Wildman–Crippen LogP) is 2.74. The molecule has 4 nitrogen and oxygen atoms in total. The number of nitrogens with one attached hydrogen (secondary N) is 1. The summed E-state index contributed by atoms with van der Waals surface area (Å²) >= 11 is 0. The Hall–Kier alpha value is -2.46. The topological polar surface area (TPSA) is 63.8 Å². The van der Waals surface area contributed by atoms with Gasteiger partial charge in [-0.05, 0) is 17.7 Å². The summed E-state index contributed by atoms with van der Waals surface area (Å²) in [4.78, 5) is 8.88. The van der Waals surface area contributed by atoms with Crippen molar-refractivity contribution in [2.24, 2.45) is 5.73 Å². The van der Waals surface area contributed by atoms with E-state index in [1.54, 1.807) is 6.20 Å². The van der Waals surface area contributed by atoms with Crippen LogP contribution >= 0.6 is 0 Å². The average molecular weight is 264 g/mol. The first-order chi connectivity index (χ1) is 9.83. The van der Waals surface area contributed by atoms with Gasteiger partial charge in [0.05, 0.1) is 17.2 Å². The van der Waals surface area contributed by atoms with Gasteiger partial charge in [0, 0.05) is 12.6 Å². The molecule has 20 heavy (non-hydrogen) atoms. The maximum absolute atomic E-state index is 6.14. The molecule has 3 aromatic rings. The number of nitrogens with zero attached hydrogens (tertiary/aromatic N) is 2. The monoisotopic (exact) mass is 264 g/mol. The molecule has 1 heterocycles. The zero-order valence-corrected chi connectivity index (χ0v) is 11.0. The van der Waals surface area contributed by atoms with E-state index in [0.29, 0.717) is 6.54 Å². The van der Waals surface area contributed by atoms with E-state index in [2.05, 4.69) is 15.3 Å². The third-order valence-corrected chi connectivity index (χ3v) is 3.18. The molecule has 0 aliphatic rings. The second-order valence-corrected chi connectivity index (χ2v) is 4.64. The number of para-hydroxylation sites is 2. The molecule has 3 rings (SSSR count). The number of aromatic nitrogens is 2. The van der Waals surface area contributed by atoms with Crippen LogP contribution in [0.2, 0.25) is 0 Å². The van der Waals surface area contributed by atoms with E-state index >= 15 is 0 Å². The molecule has 3 N–H and O–H groups in total. The van der Waals surface area contributed by atoms with Gasteiger partial charge in [0.1, 0.15) is 5.82 Å². The van der Waals surface area contributed by atoms with E-state index < -0.39 is 0 Å². The molecular weight excluding hydrogens is 248 g/mol. The molecule has 0 amide bonds. The Morgan fingerprint density at radius 2 is 1.65 bits per heavy atom. The number of benzene rings is 2. The normalized spacial score (nSPS) is 12.2. The minimum Gasteiger partial charge on any atom is -0.367 e. The Labute approximate surface area is 117 Å². The van der Waals surface area contributed by atoms with Gasteiger partial charge in [-0.3, -0.25) is 4.98 Å². The Balaban J connectivity index is 1.70. The van der Waals surface area contributed by atoms with Gasteiger partial charge >= 0.3 is 0 Å². The van der Waals surface area contributed by atoms with Crippen LogP contribution in [0.25, 0.3) is 11.0 Å². The molecule has 0 radical (unpaired) electrons. The van der Waals surface area contributed by atoms with E-state index in [9.17, 15) is 0 Å². The highest BCUT2D eigenvalue weighted by atomic mass is 15.0. The Morgan fingerprint density at radius 1 is 0.950 bits per heavy atom. The van der Waals surface area contributed by atoms with Crippen molar-refractivity contribution >= 4 is 16.9 Å². The fraction of sp³-hybridized carbons (Fsp3) is 0.125. The number of anilines is 1. The molecule has 0 spiro atoms. The van der Waals surface area contributed by atoms with Crippen molar-refractivity contribution in [1.82, 2.24) is 9.97 Å². The van der Waals surface area contributed by atoms with Crippen LogP contribution in [0.15, 0.2) is 60.8 Å². The zero-order chi connectivity index (χ0) is 13.8. The lowest BCUT2D eigenvalue weighted by molar-refractivity contribution is 0.762. The van der Waals surface area contributed by atoms with Crippen molar-refractivity contribution in [3.05, 3.63) is 66.4 Å². The Kier molecular flexibility index (Phi) is 3.56. The van der Waals surface area contributed by atoms with Crippen molar-refractivity contribution in [2.75, 3.05) is 11.9 Å². The molecular formula is C16H16N4. The van der Waals surface area contributed by atoms with Crippen LogP contribution in [-0.4, -0.2) is 16.5 Å². The van der Waals surface area contributed by atoms with Crippen LogP contribution in [0.1, 0.15) is 11.6 Å². The van der Waals surface area contributed by atoms with Gasteiger partial charge in [0.25, 0.3) is 0 Å². The first-order valence-electron chi connectivity index (χ1n) is 6.59. The molecule has 0 aliphatic heterocycles. The second-order valence-electron chi connectivity index (χ2n) is 4.64. The average Bonchev–Trinajstić information content (AvgIpc) is 2.53. The minimum absolute atomic E-state index is 0.0653. The third-order valence-electron chi connectivity index (χ3n) is 3.18. The van der Waals surface area contributed by atoms with Crippen LogP contribution in [0, 0.1) is 0 Å². The number of hydrogen-bond donors (Lipinski definition) is 2. The quantitative estimate of drug-likeness (QED) is 0.760. The van der Waals surface area contributed by atoms with Gasteiger partial charge in [-0.25, -0.2) is 4.98 Å². The van der Waals surface area contributed by atoms with Gasteiger partial charge in [0.15, 0.2) is 0 Å². The summed E-state index contributed by atoms with van der Waals surface area (Å²) < 4.78 is 0. The third kappa shape index (κ3) is 2.75. The maximum atomic E-state index is 6.14. The van der Waals surface area contributed by atoms with Crippen LogP contribution in [0.4, 0.5) is 5.82 Å². The molecule has 2 aromatic carbocycles. The van der Waals surface area contributed by atoms with Gasteiger partial charge in [-0.15, -0.1) is 0 Å². The first-order valence-corrected chi connectivity index (χ1v) is 6.59. The largest absolute Gasteiger partial charge is 0.367 e. The van der Waals surface area contributed by atoms with E-state index in [-0.39, 0.29) is 6.04 Å². The Bertz CT molecular complexity index is 697. The summed E-state index contributed by atoms with van der Waals surface area (Å²) in [6, 6.07) is 17.8. The second kappa shape index (κ2) is 5.67. The highest BCUT2D eigenvalue weighted by molar-refractivity contribution is 5.75. The number of rotatable bonds is 4. The molecule has 1 atom stereocenters. The number of fused-ring (bicyclic) bond motifs is 1. The first kappa shape index (κ1) is 12.6. The van der Waals surface area contributed by atoms with E-state index in [1.807, 2.05) is 54.6 Å². The van der Waals surface area contributed by atoms with E-state index in [0.717, 1.165) is 22.4 Å². The van der Waals surface area contributed by atoms with Crippen molar-refractivity contribution < 1.29 is 0 Å². The molecule has 100 valence electrons. The van der Waals surface area contributed by atoms with Crippen LogP contribution in [0.3, 0.4) is 0 Å². The summed E-state index contributed by atoms with van der Waals surface area (Å²) in [5, 5.41) is 3.24. The number of hydrogen-bond acceptors (Lipinski definition) is 4. The maximum Gasteiger partial charge on any atom is 0.145 e. The lowest BCUT2D eigenvalue weighted by atomic mass is 10.1. The lowest BCUT2D eigenvalue weighted by Crippen LogP contribution is -2.21. The SMILES string of the molecule is NC(CNc1cnc2ccccc2n1)c1ccccc1. The van der Waals surface area contributed by atoms with Crippen LogP contribution < -0.4 is 11.1 Å². The highest BCUT2D eigenvalue weighted by Gasteiger charge is 2.05. The standard InChI is InChI=1S/C16H16N4/c17-13(12-6-2-1-3-7-12)10-19-16-11-18-14-8-4-5-9-15(14)20-16/h1-9,11,13H,10,17H2,(H,19,20). The fourth-order valence-corrected chi connectivity index (χ4v) is 2.07. The number of nitrogens with two attached hydrogens (primary N) is 1. The molecule has 0 aliphatic carbocycles. The predicted molar refractivity (Wildman–Crippen MR) is 81.4 cm³/mol. The smallest absolute Gasteiger partial charge is 0.145 e. The minimum atomic E-state index is -0.0653. The highest BCUT2D eigenvalue weighted by Crippen LogP contribution is 2.13. The van der Waals surface area contributed by atoms with Crippen LogP contribution in [0.5, 0.6) is 0 Å². The van der Waals surface area contributed by atoms with Crippen molar-refractivity contribution in [2.45, 2.75) is 6.04 Å². The fourth-order valence-electron chi connectivity index (χ4n) is 2.07. The van der Waals surface area contributed by atoms with E-state index in [4.69, 9.17) is 5.73 Å². The molecule has 1 unspecified atom stereocenters. The van der Waals surface area contributed by atoms with E-state index in [1.165, 1.54) is 0 Å². The summed E-state index contributed by atoms with van der Waals surface area (Å²) in [6.07, 6.45) is 1.74.